The maximum Gasteiger partial charge on any atom is 0.325 e. The first-order valence-corrected chi connectivity index (χ1v) is 8.02. The van der Waals surface area contributed by atoms with Crippen LogP contribution >= 0.6 is 0 Å². The Morgan fingerprint density at radius 1 is 0.773 bits per heavy atom. The van der Waals surface area contributed by atoms with Crippen molar-refractivity contribution in [2.45, 2.75) is 51.6 Å². The van der Waals surface area contributed by atoms with Gasteiger partial charge in [-0.2, -0.15) is 0 Å². The lowest BCUT2D eigenvalue weighted by molar-refractivity contribution is -0.162. The second-order valence-corrected chi connectivity index (χ2v) is 5.86. The summed E-state index contributed by atoms with van der Waals surface area (Å²) in [6.45, 7) is 4.82. The molecule has 0 N–H and O–H groups in total. The van der Waals surface area contributed by atoms with Crippen molar-refractivity contribution in [1.82, 2.24) is 9.80 Å². The molecule has 0 aromatic rings. The molecule has 6 nitrogen and oxygen atoms in total. The molecule has 0 aliphatic rings. The molecule has 130 valence electrons. The Labute approximate surface area is 134 Å². The molecule has 22 heavy (non-hydrogen) atoms. The summed E-state index contributed by atoms with van der Waals surface area (Å²) >= 11 is 0. The van der Waals surface area contributed by atoms with Crippen molar-refractivity contribution in [2.24, 2.45) is 0 Å². The van der Waals surface area contributed by atoms with E-state index in [0.29, 0.717) is 13.2 Å². The molecule has 0 radical (unpaired) electrons. The summed E-state index contributed by atoms with van der Waals surface area (Å²) in [4.78, 5) is 28.1. The first kappa shape index (κ1) is 20.9. The molecular formula is C16H32N2O4. The van der Waals surface area contributed by atoms with Crippen LogP contribution in [0.15, 0.2) is 0 Å². The summed E-state index contributed by atoms with van der Waals surface area (Å²) in [5.41, 5.74) is 0. The summed E-state index contributed by atoms with van der Waals surface area (Å²) in [5, 5.41) is 0. The lowest BCUT2D eigenvalue weighted by Crippen LogP contribution is -2.56. The molecular weight excluding hydrogens is 284 g/mol. The van der Waals surface area contributed by atoms with Crippen molar-refractivity contribution in [2.75, 3.05) is 41.4 Å². The maximum absolute atomic E-state index is 12.3. The van der Waals surface area contributed by atoms with E-state index in [-0.39, 0.29) is 11.9 Å². The van der Waals surface area contributed by atoms with Crippen molar-refractivity contribution in [3.05, 3.63) is 0 Å². The molecule has 0 rings (SSSR count). The zero-order valence-electron chi connectivity index (χ0n) is 14.9. The summed E-state index contributed by atoms with van der Waals surface area (Å²) in [5.74, 6) is -0.769. The molecule has 6 heteroatoms. The number of rotatable bonds is 11. The van der Waals surface area contributed by atoms with E-state index >= 15 is 0 Å². The van der Waals surface area contributed by atoms with E-state index in [1.807, 2.05) is 13.8 Å². The Kier molecular flexibility index (Phi) is 10.8. The predicted octanol–water partition coefficient (Wildman–Crippen LogP) is 1.53. The zero-order valence-corrected chi connectivity index (χ0v) is 14.9. The van der Waals surface area contributed by atoms with Gasteiger partial charge in [-0.15, -0.1) is 0 Å². The Bertz CT molecular complexity index is 300. The Hall–Kier alpha value is -1.14. The number of unbranched alkanes of at least 4 members (excludes halogenated alkanes) is 2. The molecule has 0 saturated carbocycles. The van der Waals surface area contributed by atoms with Crippen LogP contribution in [0.3, 0.4) is 0 Å². The minimum Gasteiger partial charge on any atom is -0.464 e. The minimum absolute atomic E-state index is 0.380. The summed E-state index contributed by atoms with van der Waals surface area (Å²) < 4.78 is 10.6. The van der Waals surface area contributed by atoms with Gasteiger partial charge < -0.3 is 9.47 Å². The molecule has 0 spiro atoms. The highest BCUT2D eigenvalue weighted by molar-refractivity contribution is 5.87. The fraction of sp³-hybridized carbons (Fsp3) is 0.875. The SMILES string of the molecule is CCCCOC(=O)C(C(C(=O)OCCCC)N(C)C)N(C)C. The second kappa shape index (κ2) is 11.4. The van der Waals surface area contributed by atoms with Crippen LogP contribution in [0.1, 0.15) is 39.5 Å². The average Bonchev–Trinajstić information content (AvgIpc) is 2.43. The van der Waals surface area contributed by atoms with Gasteiger partial charge >= 0.3 is 11.9 Å². The molecule has 0 fully saturated rings. The first-order valence-electron chi connectivity index (χ1n) is 8.02. The third-order valence-corrected chi connectivity index (χ3v) is 3.38. The standard InChI is InChI=1S/C16H32N2O4/c1-7-9-11-21-15(19)13(17(3)4)14(18(5)6)16(20)22-12-10-8-2/h13-14H,7-12H2,1-6H3. The van der Waals surface area contributed by atoms with Crippen LogP contribution in [0.25, 0.3) is 0 Å². The van der Waals surface area contributed by atoms with Gasteiger partial charge in [0.15, 0.2) is 0 Å². The molecule has 0 aliphatic heterocycles. The van der Waals surface area contributed by atoms with E-state index in [1.165, 1.54) is 0 Å². The number of esters is 2. The van der Waals surface area contributed by atoms with E-state index in [9.17, 15) is 9.59 Å². The number of carbonyl (C=O) groups is 2. The van der Waals surface area contributed by atoms with Crippen molar-refractivity contribution in [3.63, 3.8) is 0 Å². The Morgan fingerprint density at radius 3 is 1.32 bits per heavy atom. The summed E-state index contributed by atoms with van der Waals surface area (Å²) in [7, 11) is 7.06. The predicted molar refractivity (Wildman–Crippen MR) is 86.7 cm³/mol. The fourth-order valence-electron chi connectivity index (χ4n) is 2.05. The van der Waals surface area contributed by atoms with Crippen LogP contribution in [0.5, 0.6) is 0 Å². The van der Waals surface area contributed by atoms with E-state index in [0.717, 1.165) is 25.7 Å². The average molecular weight is 316 g/mol. The van der Waals surface area contributed by atoms with E-state index < -0.39 is 12.1 Å². The van der Waals surface area contributed by atoms with Crippen LogP contribution in [0.2, 0.25) is 0 Å². The van der Waals surface area contributed by atoms with Crippen LogP contribution in [0, 0.1) is 0 Å². The van der Waals surface area contributed by atoms with E-state index in [1.54, 1.807) is 38.0 Å². The van der Waals surface area contributed by atoms with Crippen LogP contribution < -0.4 is 0 Å². The van der Waals surface area contributed by atoms with E-state index in [4.69, 9.17) is 9.47 Å². The van der Waals surface area contributed by atoms with Crippen molar-refractivity contribution < 1.29 is 19.1 Å². The largest absolute Gasteiger partial charge is 0.464 e. The van der Waals surface area contributed by atoms with Crippen LogP contribution in [-0.4, -0.2) is 75.2 Å². The molecule has 0 saturated heterocycles. The van der Waals surface area contributed by atoms with Gasteiger partial charge in [0, 0.05) is 0 Å². The Morgan fingerprint density at radius 2 is 1.09 bits per heavy atom. The lowest BCUT2D eigenvalue weighted by atomic mass is 10.1. The smallest absolute Gasteiger partial charge is 0.325 e. The van der Waals surface area contributed by atoms with Gasteiger partial charge in [0.2, 0.25) is 0 Å². The maximum atomic E-state index is 12.3. The molecule has 0 aliphatic carbocycles. The van der Waals surface area contributed by atoms with Crippen molar-refractivity contribution in [1.29, 1.82) is 0 Å². The fourth-order valence-corrected chi connectivity index (χ4v) is 2.05. The molecule has 2 unspecified atom stereocenters. The molecule has 2 atom stereocenters. The van der Waals surface area contributed by atoms with Crippen LogP contribution in [-0.2, 0) is 19.1 Å². The molecule has 0 aromatic carbocycles. The molecule has 0 amide bonds. The van der Waals surface area contributed by atoms with Gasteiger partial charge in [-0.25, -0.2) is 0 Å². The quantitative estimate of drug-likeness (QED) is 0.426. The van der Waals surface area contributed by atoms with Gasteiger partial charge in [0.25, 0.3) is 0 Å². The zero-order chi connectivity index (χ0) is 17.1. The number of hydrogen-bond donors (Lipinski definition) is 0. The van der Waals surface area contributed by atoms with Gasteiger partial charge in [-0.1, -0.05) is 26.7 Å². The molecule has 0 aromatic heterocycles. The number of ether oxygens (including phenoxy) is 2. The lowest BCUT2D eigenvalue weighted by Gasteiger charge is -2.33. The Balaban J connectivity index is 4.94. The van der Waals surface area contributed by atoms with Crippen molar-refractivity contribution in [3.8, 4) is 0 Å². The molecule has 0 bridgehead atoms. The topological polar surface area (TPSA) is 59.1 Å². The third-order valence-electron chi connectivity index (χ3n) is 3.38. The highest BCUT2D eigenvalue weighted by Gasteiger charge is 2.39. The summed E-state index contributed by atoms with van der Waals surface area (Å²) in [6, 6.07) is -1.36. The number of hydrogen-bond acceptors (Lipinski definition) is 6. The minimum atomic E-state index is -0.680. The van der Waals surface area contributed by atoms with Crippen molar-refractivity contribution >= 4 is 11.9 Å². The van der Waals surface area contributed by atoms with E-state index in [2.05, 4.69) is 0 Å². The number of carbonyl (C=O) groups excluding carboxylic acids is 2. The van der Waals surface area contributed by atoms with Gasteiger partial charge in [0.1, 0.15) is 12.1 Å². The van der Waals surface area contributed by atoms with Gasteiger partial charge in [-0.3, -0.25) is 19.4 Å². The summed E-state index contributed by atoms with van der Waals surface area (Å²) in [6.07, 6.45) is 3.55. The third kappa shape index (κ3) is 7.22. The monoisotopic (exact) mass is 316 g/mol. The second-order valence-electron chi connectivity index (χ2n) is 5.86. The van der Waals surface area contributed by atoms with Gasteiger partial charge in [-0.05, 0) is 41.0 Å². The molecule has 0 heterocycles. The number of likely N-dealkylation sites (N-methyl/N-ethyl adjacent to an activating group) is 2. The number of nitrogens with zero attached hydrogens (tertiary/aromatic N) is 2. The highest BCUT2D eigenvalue weighted by Crippen LogP contribution is 2.12. The first-order chi connectivity index (χ1) is 10.4. The van der Waals surface area contributed by atoms with Gasteiger partial charge in [0.05, 0.1) is 13.2 Å². The normalized spacial score (nSPS) is 14.0. The van der Waals surface area contributed by atoms with Crippen LogP contribution in [0.4, 0.5) is 0 Å². The highest BCUT2D eigenvalue weighted by atomic mass is 16.5.